The molecular formula is C8H9N3S. The van der Waals surface area contributed by atoms with Gasteiger partial charge in [-0.3, -0.25) is 0 Å². The molecule has 0 aliphatic carbocycles. The molecule has 1 heterocycles. The van der Waals surface area contributed by atoms with Crippen LogP contribution in [0, 0.1) is 0 Å². The molecule has 0 amide bonds. The fraction of sp³-hybridized carbons (Fsp3) is 0.250. The number of hydrogen-bond donors (Lipinski definition) is 1. The van der Waals surface area contributed by atoms with Gasteiger partial charge in [0, 0.05) is 5.75 Å². The summed E-state index contributed by atoms with van der Waals surface area (Å²) in [5.41, 5.74) is 2.02. The highest BCUT2D eigenvalue weighted by Gasteiger charge is 2.00. The fourth-order valence-electron chi connectivity index (χ4n) is 1.18. The molecule has 0 bridgehead atoms. The van der Waals surface area contributed by atoms with Crippen molar-refractivity contribution in [1.82, 2.24) is 15.0 Å². The number of para-hydroxylation sites is 1. The third-order valence-electron chi connectivity index (χ3n) is 1.73. The quantitative estimate of drug-likeness (QED) is 0.706. The molecule has 0 aliphatic rings. The number of thiol groups is 1. The maximum Gasteiger partial charge on any atom is 0.113 e. The van der Waals surface area contributed by atoms with E-state index in [1.807, 2.05) is 28.9 Å². The average molecular weight is 179 g/mol. The first-order valence-electron chi connectivity index (χ1n) is 3.81. The van der Waals surface area contributed by atoms with Gasteiger partial charge in [-0.1, -0.05) is 17.3 Å². The molecule has 0 saturated carbocycles. The van der Waals surface area contributed by atoms with Crippen LogP contribution in [-0.2, 0) is 6.54 Å². The van der Waals surface area contributed by atoms with E-state index in [1.54, 1.807) is 0 Å². The van der Waals surface area contributed by atoms with Crippen LogP contribution < -0.4 is 0 Å². The van der Waals surface area contributed by atoms with Gasteiger partial charge >= 0.3 is 0 Å². The first kappa shape index (κ1) is 7.61. The standard InChI is InChI=1S/C8H9N3S/c12-6-5-11-8-4-2-1-3-7(8)9-10-11/h1-4,12H,5-6H2. The van der Waals surface area contributed by atoms with E-state index in [0.717, 1.165) is 23.3 Å². The average Bonchev–Trinajstić information content (AvgIpc) is 2.50. The zero-order valence-corrected chi connectivity index (χ0v) is 7.41. The van der Waals surface area contributed by atoms with Gasteiger partial charge in [-0.2, -0.15) is 12.6 Å². The fourth-order valence-corrected chi connectivity index (χ4v) is 1.37. The van der Waals surface area contributed by atoms with Gasteiger partial charge in [0.15, 0.2) is 0 Å². The molecule has 0 fully saturated rings. The van der Waals surface area contributed by atoms with Crippen LogP contribution in [-0.4, -0.2) is 20.7 Å². The summed E-state index contributed by atoms with van der Waals surface area (Å²) in [7, 11) is 0. The lowest BCUT2D eigenvalue weighted by Gasteiger charge is -1.96. The first-order valence-corrected chi connectivity index (χ1v) is 4.44. The summed E-state index contributed by atoms with van der Waals surface area (Å²) in [5, 5.41) is 8.02. The molecule has 0 radical (unpaired) electrons. The number of rotatable bonds is 2. The molecule has 62 valence electrons. The Kier molecular flexibility index (Phi) is 1.99. The van der Waals surface area contributed by atoms with E-state index in [4.69, 9.17) is 0 Å². The Labute approximate surface area is 75.8 Å². The highest BCUT2D eigenvalue weighted by atomic mass is 32.1. The minimum atomic E-state index is 0.785. The van der Waals surface area contributed by atoms with Crippen molar-refractivity contribution in [3.05, 3.63) is 24.3 Å². The predicted molar refractivity (Wildman–Crippen MR) is 51.4 cm³/mol. The van der Waals surface area contributed by atoms with Gasteiger partial charge in [-0.15, -0.1) is 5.10 Å². The monoisotopic (exact) mass is 179 g/mol. The predicted octanol–water partition coefficient (Wildman–Crippen LogP) is 1.36. The summed E-state index contributed by atoms with van der Waals surface area (Å²) < 4.78 is 1.86. The maximum absolute atomic E-state index is 4.14. The van der Waals surface area contributed by atoms with Crippen LogP contribution in [0.1, 0.15) is 0 Å². The van der Waals surface area contributed by atoms with E-state index in [1.165, 1.54) is 0 Å². The lowest BCUT2D eigenvalue weighted by Crippen LogP contribution is -2.00. The van der Waals surface area contributed by atoms with Crippen molar-refractivity contribution in [3.63, 3.8) is 0 Å². The molecular weight excluding hydrogens is 170 g/mol. The summed E-state index contributed by atoms with van der Waals surface area (Å²) in [6.45, 7) is 0.809. The molecule has 2 aromatic rings. The van der Waals surface area contributed by atoms with Crippen molar-refractivity contribution in [2.45, 2.75) is 6.54 Å². The van der Waals surface area contributed by atoms with Gasteiger partial charge in [0.1, 0.15) is 5.52 Å². The molecule has 12 heavy (non-hydrogen) atoms. The second-order valence-corrected chi connectivity index (χ2v) is 2.97. The summed E-state index contributed by atoms with van der Waals surface area (Å²) in [6.07, 6.45) is 0. The zero-order chi connectivity index (χ0) is 8.39. The second-order valence-electron chi connectivity index (χ2n) is 2.52. The topological polar surface area (TPSA) is 30.7 Å². The van der Waals surface area contributed by atoms with Crippen molar-refractivity contribution >= 4 is 23.7 Å². The minimum absolute atomic E-state index is 0.785. The Morgan fingerprint density at radius 3 is 3.00 bits per heavy atom. The van der Waals surface area contributed by atoms with Crippen LogP contribution in [0.5, 0.6) is 0 Å². The lowest BCUT2D eigenvalue weighted by atomic mass is 10.3. The molecule has 0 N–H and O–H groups in total. The van der Waals surface area contributed by atoms with Crippen molar-refractivity contribution in [2.24, 2.45) is 0 Å². The molecule has 0 aliphatic heterocycles. The van der Waals surface area contributed by atoms with Gasteiger partial charge < -0.3 is 0 Å². The normalized spacial score (nSPS) is 10.8. The Hall–Kier alpha value is -1.03. The van der Waals surface area contributed by atoms with Crippen LogP contribution in [0.2, 0.25) is 0 Å². The number of benzene rings is 1. The number of aromatic nitrogens is 3. The molecule has 1 aromatic carbocycles. The third kappa shape index (κ3) is 1.18. The third-order valence-corrected chi connectivity index (χ3v) is 1.93. The minimum Gasteiger partial charge on any atom is -0.244 e. The van der Waals surface area contributed by atoms with E-state index in [9.17, 15) is 0 Å². The first-order chi connectivity index (χ1) is 5.92. The zero-order valence-electron chi connectivity index (χ0n) is 6.51. The SMILES string of the molecule is SCCn1nnc2ccccc21. The second kappa shape index (κ2) is 3.15. The van der Waals surface area contributed by atoms with Crippen LogP contribution >= 0.6 is 12.6 Å². The van der Waals surface area contributed by atoms with E-state index >= 15 is 0 Å². The van der Waals surface area contributed by atoms with Gasteiger partial charge in [-0.05, 0) is 12.1 Å². The molecule has 2 rings (SSSR count). The summed E-state index contributed by atoms with van der Waals surface area (Å²) >= 11 is 4.14. The van der Waals surface area contributed by atoms with E-state index in [0.29, 0.717) is 0 Å². The van der Waals surface area contributed by atoms with Crippen molar-refractivity contribution in [2.75, 3.05) is 5.75 Å². The van der Waals surface area contributed by atoms with Crippen molar-refractivity contribution in [3.8, 4) is 0 Å². The van der Waals surface area contributed by atoms with E-state index in [2.05, 4.69) is 22.9 Å². The Morgan fingerprint density at radius 2 is 2.17 bits per heavy atom. The molecule has 1 aromatic heterocycles. The van der Waals surface area contributed by atoms with E-state index in [-0.39, 0.29) is 0 Å². The van der Waals surface area contributed by atoms with Crippen LogP contribution in [0.3, 0.4) is 0 Å². The van der Waals surface area contributed by atoms with Gasteiger partial charge in [0.05, 0.1) is 12.1 Å². The molecule has 0 unspecified atom stereocenters. The van der Waals surface area contributed by atoms with Gasteiger partial charge in [-0.25, -0.2) is 4.68 Å². The number of aryl methyl sites for hydroxylation is 1. The van der Waals surface area contributed by atoms with Gasteiger partial charge in [0.25, 0.3) is 0 Å². The Bertz CT molecular complexity index is 382. The van der Waals surface area contributed by atoms with Crippen LogP contribution in [0.15, 0.2) is 24.3 Å². The lowest BCUT2D eigenvalue weighted by molar-refractivity contribution is 0.653. The number of nitrogens with zero attached hydrogens (tertiary/aromatic N) is 3. The van der Waals surface area contributed by atoms with Gasteiger partial charge in [0.2, 0.25) is 0 Å². The van der Waals surface area contributed by atoms with E-state index < -0.39 is 0 Å². The summed E-state index contributed by atoms with van der Waals surface area (Å²) in [5.74, 6) is 0.785. The van der Waals surface area contributed by atoms with Crippen molar-refractivity contribution in [1.29, 1.82) is 0 Å². The molecule has 3 nitrogen and oxygen atoms in total. The molecule has 0 saturated heterocycles. The molecule has 4 heteroatoms. The Morgan fingerprint density at radius 1 is 1.33 bits per heavy atom. The number of hydrogen-bond acceptors (Lipinski definition) is 3. The molecule has 0 atom stereocenters. The van der Waals surface area contributed by atoms with Crippen LogP contribution in [0.25, 0.3) is 11.0 Å². The van der Waals surface area contributed by atoms with Crippen LogP contribution in [0.4, 0.5) is 0 Å². The van der Waals surface area contributed by atoms with Crippen molar-refractivity contribution < 1.29 is 0 Å². The number of fused-ring (bicyclic) bond motifs is 1. The molecule has 0 spiro atoms. The smallest absolute Gasteiger partial charge is 0.113 e. The summed E-state index contributed by atoms with van der Waals surface area (Å²) in [4.78, 5) is 0. The largest absolute Gasteiger partial charge is 0.244 e. The Balaban J connectivity index is 2.55. The highest BCUT2D eigenvalue weighted by Crippen LogP contribution is 2.09. The highest BCUT2D eigenvalue weighted by molar-refractivity contribution is 7.80. The summed E-state index contributed by atoms with van der Waals surface area (Å²) in [6, 6.07) is 7.92. The maximum atomic E-state index is 4.14.